The van der Waals surface area contributed by atoms with Crippen molar-refractivity contribution in [3.63, 3.8) is 0 Å². The van der Waals surface area contributed by atoms with Crippen LogP contribution in [0.25, 0.3) is 5.65 Å². The summed E-state index contributed by atoms with van der Waals surface area (Å²) in [4.78, 5) is 8.51. The lowest BCUT2D eigenvalue weighted by Gasteiger charge is -2.22. The van der Waals surface area contributed by atoms with E-state index < -0.39 is 0 Å². The van der Waals surface area contributed by atoms with Gasteiger partial charge in [-0.2, -0.15) is 0 Å². The molecule has 5 heteroatoms. The van der Waals surface area contributed by atoms with E-state index in [4.69, 9.17) is 4.74 Å². The van der Waals surface area contributed by atoms with Gasteiger partial charge < -0.3 is 10.1 Å². The van der Waals surface area contributed by atoms with E-state index in [-0.39, 0.29) is 0 Å². The molecule has 1 aliphatic rings. The Bertz CT molecular complexity index is 516. The Hall–Kier alpha value is -1.62. The summed E-state index contributed by atoms with van der Waals surface area (Å²) in [5, 5.41) is 3.43. The van der Waals surface area contributed by atoms with Gasteiger partial charge in [0.2, 0.25) is 5.88 Å². The normalized spacial score (nSPS) is 20.6. The number of aromatic nitrogens is 3. The molecule has 3 heterocycles. The number of piperidine rings is 1. The second-order valence-electron chi connectivity index (χ2n) is 4.37. The van der Waals surface area contributed by atoms with Crippen molar-refractivity contribution >= 4 is 5.65 Å². The van der Waals surface area contributed by atoms with E-state index >= 15 is 0 Å². The van der Waals surface area contributed by atoms with Crippen LogP contribution in [0.3, 0.4) is 0 Å². The molecule has 3 rings (SSSR count). The average molecular weight is 232 g/mol. The fraction of sp³-hybridized carbons (Fsp3) is 0.500. The second-order valence-corrected chi connectivity index (χ2v) is 4.37. The van der Waals surface area contributed by atoms with Gasteiger partial charge in [-0.1, -0.05) is 0 Å². The highest BCUT2D eigenvalue weighted by atomic mass is 16.5. The summed E-state index contributed by atoms with van der Waals surface area (Å²) in [6.45, 7) is 2.13. The number of methoxy groups -OCH3 is 1. The quantitative estimate of drug-likeness (QED) is 0.845. The molecule has 0 amide bonds. The van der Waals surface area contributed by atoms with Crippen molar-refractivity contribution in [3.05, 3.63) is 24.3 Å². The molecular formula is C12H16N4O. The van der Waals surface area contributed by atoms with E-state index in [1.54, 1.807) is 19.5 Å². The Kier molecular flexibility index (Phi) is 2.68. The minimum Gasteiger partial charge on any atom is -0.481 e. The van der Waals surface area contributed by atoms with Gasteiger partial charge in [-0.15, -0.1) is 0 Å². The molecule has 1 unspecified atom stereocenters. The molecule has 0 spiro atoms. The maximum absolute atomic E-state index is 5.36. The average Bonchev–Trinajstić information content (AvgIpc) is 2.83. The second kappa shape index (κ2) is 4.33. The molecule has 17 heavy (non-hydrogen) atoms. The molecule has 0 aliphatic carbocycles. The van der Waals surface area contributed by atoms with Crippen LogP contribution < -0.4 is 10.1 Å². The Morgan fingerprint density at radius 2 is 2.35 bits per heavy atom. The minimum atomic E-state index is 0.509. The lowest BCUT2D eigenvalue weighted by atomic mass is 9.97. The van der Waals surface area contributed by atoms with Gasteiger partial charge in [-0.3, -0.25) is 9.38 Å². The van der Waals surface area contributed by atoms with Crippen LogP contribution in [-0.2, 0) is 0 Å². The van der Waals surface area contributed by atoms with Gasteiger partial charge in [0.15, 0.2) is 5.65 Å². The van der Waals surface area contributed by atoms with Crippen LogP contribution in [0.2, 0.25) is 0 Å². The van der Waals surface area contributed by atoms with E-state index in [9.17, 15) is 0 Å². The first-order valence-electron chi connectivity index (χ1n) is 5.96. The predicted octanol–water partition coefficient (Wildman–Crippen LogP) is 1.20. The number of rotatable bonds is 2. The first-order chi connectivity index (χ1) is 8.40. The smallest absolute Gasteiger partial charge is 0.218 e. The van der Waals surface area contributed by atoms with Crippen LogP contribution in [0.15, 0.2) is 18.6 Å². The molecule has 1 saturated heterocycles. The number of ether oxygens (including phenoxy) is 1. The number of hydrogen-bond acceptors (Lipinski definition) is 4. The summed E-state index contributed by atoms with van der Waals surface area (Å²) in [6.07, 6.45) is 7.85. The topological polar surface area (TPSA) is 51.5 Å². The van der Waals surface area contributed by atoms with E-state index in [0.717, 1.165) is 24.6 Å². The third kappa shape index (κ3) is 1.76. The molecular weight excluding hydrogens is 216 g/mol. The summed E-state index contributed by atoms with van der Waals surface area (Å²) in [6, 6.07) is 0. The SMILES string of the molecule is COc1cncc2ncc(C3CCCNC3)n12. The largest absolute Gasteiger partial charge is 0.481 e. The molecule has 0 bridgehead atoms. The molecule has 1 atom stereocenters. The zero-order valence-corrected chi connectivity index (χ0v) is 9.89. The first-order valence-corrected chi connectivity index (χ1v) is 5.96. The van der Waals surface area contributed by atoms with Crippen molar-refractivity contribution in [2.45, 2.75) is 18.8 Å². The highest BCUT2D eigenvalue weighted by Gasteiger charge is 2.20. The van der Waals surface area contributed by atoms with E-state index in [1.165, 1.54) is 18.5 Å². The molecule has 5 nitrogen and oxygen atoms in total. The van der Waals surface area contributed by atoms with E-state index in [2.05, 4.69) is 19.7 Å². The minimum absolute atomic E-state index is 0.509. The number of hydrogen-bond donors (Lipinski definition) is 1. The summed E-state index contributed by atoms with van der Waals surface area (Å²) in [7, 11) is 1.67. The number of nitrogens with one attached hydrogen (secondary N) is 1. The summed E-state index contributed by atoms with van der Waals surface area (Å²) < 4.78 is 7.42. The lowest BCUT2D eigenvalue weighted by molar-refractivity contribution is 0.382. The van der Waals surface area contributed by atoms with Crippen LogP contribution in [0.4, 0.5) is 0 Å². The van der Waals surface area contributed by atoms with Crippen molar-refractivity contribution in [1.82, 2.24) is 19.7 Å². The Balaban J connectivity index is 2.09. The molecule has 2 aromatic heterocycles. The predicted molar refractivity (Wildman–Crippen MR) is 64.4 cm³/mol. The van der Waals surface area contributed by atoms with Gasteiger partial charge >= 0.3 is 0 Å². The molecule has 1 N–H and O–H groups in total. The number of fused-ring (bicyclic) bond motifs is 1. The van der Waals surface area contributed by atoms with Gasteiger partial charge in [0, 0.05) is 18.7 Å². The van der Waals surface area contributed by atoms with Gasteiger partial charge in [-0.25, -0.2) is 4.98 Å². The highest BCUT2D eigenvalue weighted by Crippen LogP contribution is 2.26. The first kappa shape index (κ1) is 10.5. The monoisotopic (exact) mass is 232 g/mol. The van der Waals surface area contributed by atoms with Gasteiger partial charge in [0.1, 0.15) is 0 Å². The zero-order valence-electron chi connectivity index (χ0n) is 9.89. The molecule has 0 saturated carbocycles. The van der Waals surface area contributed by atoms with E-state index in [0.29, 0.717) is 5.92 Å². The molecule has 90 valence electrons. The third-order valence-electron chi connectivity index (χ3n) is 3.34. The van der Waals surface area contributed by atoms with Crippen molar-refractivity contribution in [2.24, 2.45) is 0 Å². The van der Waals surface area contributed by atoms with Crippen LogP contribution in [0.1, 0.15) is 24.5 Å². The summed E-state index contributed by atoms with van der Waals surface area (Å²) >= 11 is 0. The Morgan fingerprint density at radius 1 is 1.41 bits per heavy atom. The summed E-state index contributed by atoms with van der Waals surface area (Å²) in [5.74, 6) is 1.26. The van der Waals surface area contributed by atoms with Gasteiger partial charge in [0.05, 0.1) is 25.2 Å². The lowest BCUT2D eigenvalue weighted by Crippen LogP contribution is -2.29. The van der Waals surface area contributed by atoms with Crippen molar-refractivity contribution < 1.29 is 4.74 Å². The van der Waals surface area contributed by atoms with Crippen molar-refractivity contribution in [1.29, 1.82) is 0 Å². The maximum Gasteiger partial charge on any atom is 0.218 e. The Morgan fingerprint density at radius 3 is 3.12 bits per heavy atom. The van der Waals surface area contributed by atoms with Crippen LogP contribution >= 0.6 is 0 Å². The van der Waals surface area contributed by atoms with Gasteiger partial charge in [0.25, 0.3) is 0 Å². The third-order valence-corrected chi connectivity index (χ3v) is 3.34. The summed E-state index contributed by atoms with van der Waals surface area (Å²) in [5.41, 5.74) is 2.07. The highest BCUT2D eigenvalue weighted by molar-refractivity contribution is 5.42. The van der Waals surface area contributed by atoms with Crippen LogP contribution in [0, 0.1) is 0 Å². The van der Waals surface area contributed by atoms with Gasteiger partial charge in [-0.05, 0) is 19.4 Å². The van der Waals surface area contributed by atoms with Crippen LogP contribution in [-0.4, -0.2) is 34.6 Å². The molecule has 2 aromatic rings. The molecule has 0 aromatic carbocycles. The number of nitrogens with zero attached hydrogens (tertiary/aromatic N) is 3. The van der Waals surface area contributed by atoms with E-state index in [1.807, 2.05) is 6.20 Å². The van der Waals surface area contributed by atoms with Crippen molar-refractivity contribution in [3.8, 4) is 5.88 Å². The maximum atomic E-state index is 5.36. The Labute approximate surface area is 99.8 Å². The fourth-order valence-electron chi connectivity index (χ4n) is 2.47. The fourth-order valence-corrected chi connectivity index (χ4v) is 2.47. The van der Waals surface area contributed by atoms with Crippen molar-refractivity contribution in [2.75, 3.05) is 20.2 Å². The molecule has 0 radical (unpaired) electrons. The molecule has 1 aliphatic heterocycles. The number of imidazole rings is 1. The zero-order chi connectivity index (χ0) is 11.7. The standard InChI is InChI=1S/C12H16N4O/c1-17-12-8-14-7-11-15-6-10(16(11)12)9-3-2-4-13-5-9/h6-9,13H,2-5H2,1H3. The van der Waals surface area contributed by atoms with Crippen LogP contribution in [0.5, 0.6) is 5.88 Å². The molecule has 1 fully saturated rings.